The summed E-state index contributed by atoms with van der Waals surface area (Å²) in [6.07, 6.45) is 10.6. The van der Waals surface area contributed by atoms with Crippen LogP contribution in [0.15, 0.2) is 12.4 Å². The van der Waals surface area contributed by atoms with E-state index >= 15 is 0 Å². The summed E-state index contributed by atoms with van der Waals surface area (Å²) in [6, 6.07) is 0.366. The number of aliphatic hydroxyl groups is 1. The molecule has 0 saturated heterocycles. The highest BCUT2D eigenvalue weighted by Crippen LogP contribution is 2.37. The average molecular weight is 335 g/mol. The Labute approximate surface area is 145 Å². The number of hydrogen-bond acceptors (Lipinski definition) is 3. The van der Waals surface area contributed by atoms with Gasteiger partial charge in [-0.2, -0.15) is 0 Å². The first-order chi connectivity index (χ1) is 11.4. The fraction of sp³-hybridized carbons (Fsp3) is 0.789. The molecule has 1 amide bonds. The molecular weight excluding hydrogens is 302 g/mol. The van der Waals surface area contributed by atoms with Gasteiger partial charge in [0.2, 0.25) is 5.91 Å². The Balaban J connectivity index is 1.60. The van der Waals surface area contributed by atoms with Gasteiger partial charge in [0, 0.05) is 31.4 Å². The summed E-state index contributed by atoms with van der Waals surface area (Å²) in [4.78, 5) is 16.2. The number of hydrogen-bond donors (Lipinski definition) is 2. The molecule has 0 spiro atoms. The second-order valence-corrected chi connectivity index (χ2v) is 8.13. The minimum Gasteiger partial charge on any atom is -0.388 e. The number of imidazole rings is 1. The van der Waals surface area contributed by atoms with Crippen LogP contribution in [-0.4, -0.2) is 26.6 Å². The van der Waals surface area contributed by atoms with Crippen molar-refractivity contribution in [1.29, 1.82) is 0 Å². The van der Waals surface area contributed by atoms with Crippen molar-refractivity contribution < 1.29 is 9.90 Å². The lowest BCUT2D eigenvalue weighted by atomic mass is 9.71. The Morgan fingerprint density at radius 2 is 2.00 bits per heavy atom. The van der Waals surface area contributed by atoms with Crippen molar-refractivity contribution in [1.82, 2.24) is 14.9 Å². The van der Waals surface area contributed by atoms with E-state index in [9.17, 15) is 4.79 Å². The van der Waals surface area contributed by atoms with E-state index in [1.54, 1.807) is 6.20 Å². The number of rotatable bonds is 7. The summed E-state index contributed by atoms with van der Waals surface area (Å²) in [6.45, 7) is 7.72. The molecule has 24 heavy (non-hydrogen) atoms. The summed E-state index contributed by atoms with van der Waals surface area (Å²) >= 11 is 0. The van der Waals surface area contributed by atoms with Crippen LogP contribution >= 0.6 is 0 Å². The van der Waals surface area contributed by atoms with Gasteiger partial charge >= 0.3 is 0 Å². The molecule has 0 aromatic carbocycles. The first-order valence-electron chi connectivity index (χ1n) is 9.30. The van der Waals surface area contributed by atoms with Crippen LogP contribution in [0.4, 0.5) is 0 Å². The van der Waals surface area contributed by atoms with Crippen LogP contribution in [0.1, 0.15) is 71.5 Å². The molecule has 0 aliphatic heterocycles. The molecule has 0 radical (unpaired) electrons. The number of aryl methyl sites for hydroxylation is 1. The molecular formula is C19H33N3O2. The van der Waals surface area contributed by atoms with Crippen molar-refractivity contribution in [2.45, 2.75) is 84.9 Å². The molecule has 136 valence electrons. The molecule has 1 aromatic rings. The summed E-state index contributed by atoms with van der Waals surface area (Å²) in [5.74, 6) is 1.65. The van der Waals surface area contributed by atoms with Crippen LogP contribution in [0, 0.1) is 11.3 Å². The van der Waals surface area contributed by atoms with Crippen molar-refractivity contribution in [3.63, 3.8) is 0 Å². The van der Waals surface area contributed by atoms with E-state index in [1.807, 2.05) is 10.8 Å². The largest absolute Gasteiger partial charge is 0.388 e. The van der Waals surface area contributed by atoms with E-state index in [0.29, 0.717) is 23.7 Å². The van der Waals surface area contributed by atoms with Crippen molar-refractivity contribution >= 4 is 5.91 Å². The van der Waals surface area contributed by atoms with Gasteiger partial charge in [0.05, 0.1) is 0 Å². The van der Waals surface area contributed by atoms with Crippen molar-refractivity contribution in [3.8, 4) is 0 Å². The minimum atomic E-state index is -0.0370. The van der Waals surface area contributed by atoms with E-state index in [1.165, 1.54) is 12.8 Å². The van der Waals surface area contributed by atoms with Gasteiger partial charge in [-0.25, -0.2) is 4.98 Å². The minimum absolute atomic E-state index is 0.0370. The lowest BCUT2D eigenvalue weighted by Gasteiger charge is -2.37. The zero-order valence-corrected chi connectivity index (χ0v) is 15.4. The van der Waals surface area contributed by atoms with Gasteiger partial charge in [-0.1, -0.05) is 20.8 Å². The van der Waals surface area contributed by atoms with Crippen LogP contribution in [0.3, 0.4) is 0 Å². The topological polar surface area (TPSA) is 67.2 Å². The number of carbonyl (C=O) groups excluding carboxylic acids is 1. The molecule has 0 unspecified atom stereocenters. The number of carbonyl (C=O) groups is 1. The van der Waals surface area contributed by atoms with Gasteiger partial charge in [-0.3, -0.25) is 4.79 Å². The third-order valence-electron chi connectivity index (χ3n) is 5.31. The molecule has 1 saturated carbocycles. The van der Waals surface area contributed by atoms with Crippen molar-refractivity contribution in [2.24, 2.45) is 11.3 Å². The Morgan fingerprint density at radius 1 is 1.29 bits per heavy atom. The third-order valence-corrected chi connectivity index (χ3v) is 5.31. The van der Waals surface area contributed by atoms with E-state index in [-0.39, 0.29) is 12.5 Å². The van der Waals surface area contributed by atoms with Gasteiger partial charge in [0.25, 0.3) is 0 Å². The number of nitrogens with one attached hydrogen (secondary N) is 1. The molecule has 1 aliphatic carbocycles. The quantitative estimate of drug-likeness (QED) is 0.752. The molecule has 0 atom stereocenters. The normalized spacial score (nSPS) is 21.7. The second kappa shape index (κ2) is 8.65. The number of amides is 1. The Kier molecular flexibility index (Phi) is 6.84. The van der Waals surface area contributed by atoms with Crippen molar-refractivity contribution in [3.05, 3.63) is 18.2 Å². The Morgan fingerprint density at radius 3 is 2.62 bits per heavy atom. The first kappa shape index (κ1) is 19.0. The standard InChI is InChI=1S/C19H33N3O2/c1-19(2,3)15-7-9-16(10-8-15)21-18(24)6-4-5-12-22-13-11-20-17(22)14-23/h11,13,15-16,23H,4-10,12,14H2,1-3H3,(H,21,24). The highest BCUT2D eigenvalue weighted by Gasteiger charge is 2.29. The molecule has 1 aliphatic rings. The van der Waals surface area contributed by atoms with Crippen LogP contribution in [-0.2, 0) is 17.9 Å². The lowest BCUT2D eigenvalue weighted by molar-refractivity contribution is -0.122. The molecule has 5 nitrogen and oxygen atoms in total. The predicted molar refractivity (Wildman–Crippen MR) is 95.3 cm³/mol. The van der Waals surface area contributed by atoms with Crippen LogP contribution in [0.2, 0.25) is 0 Å². The molecule has 5 heteroatoms. The van der Waals surface area contributed by atoms with E-state index in [4.69, 9.17) is 5.11 Å². The molecule has 1 heterocycles. The van der Waals surface area contributed by atoms with Crippen molar-refractivity contribution in [2.75, 3.05) is 0 Å². The highest BCUT2D eigenvalue weighted by molar-refractivity contribution is 5.76. The number of unbranched alkanes of at least 4 members (excludes halogenated alkanes) is 1. The van der Waals surface area contributed by atoms with Gasteiger partial charge < -0.3 is 15.0 Å². The number of aromatic nitrogens is 2. The second-order valence-electron chi connectivity index (χ2n) is 8.13. The summed E-state index contributed by atoms with van der Waals surface area (Å²) in [7, 11) is 0. The fourth-order valence-corrected chi connectivity index (χ4v) is 3.67. The smallest absolute Gasteiger partial charge is 0.220 e. The van der Waals surface area contributed by atoms with E-state index < -0.39 is 0 Å². The molecule has 1 aromatic heterocycles. The molecule has 2 N–H and O–H groups in total. The van der Waals surface area contributed by atoms with Gasteiger partial charge in [-0.05, 0) is 49.9 Å². The lowest BCUT2D eigenvalue weighted by Crippen LogP contribution is -2.39. The Hall–Kier alpha value is -1.36. The molecule has 1 fully saturated rings. The SMILES string of the molecule is CC(C)(C)C1CCC(NC(=O)CCCCn2ccnc2CO)CC1. The summed E-state index contributed by atoms with van der Waals surface area (Å²) < 4.78 is 1.95. The van der Waals surface area contributed by atoms with Crippen LogP contribution in [0.5, 0.6) is 0 Å². The maximum absolute atomic E-state index is 12.1. The number of nitrogens with zero attached hydrogens (tertiary/aromatic N) is 2. The predicted octanol–water partition coefficient (Wildman–Crippen LogP) is 3.27. The summed E-state index contributed by atoms with van der Waals surface area (Å²) in [5, 5.41) is 12.4. The van der Waals surface area contributed by atoms with Gasteiger partial charge in [-0.15, -0.1) is 0 Å². The zero-order valence-electron chi connectivity index (χ0n) is 15.4. The summed E-state index contributed by atoms with van der Waals surface area (Å²) in [5.41, 5.74) is 0.385. The van der Waals surface area contributed by atoms with E-state index in [0.717, 1.165) is 38.1 Å². The average Bonchev–Trinajstić information content (AvgIpc) is 2.98. The van der Waals surface area contributed by atoms with Gasteiger partial charge in [0.15, 0.2) is 0 Å². The fourth-order valence-electron chi connectivity index (χ4n) is 3.67. The zero-order chi connectivity index (χ0) is 17.6. The third kappa shape index (κ3) is 5.62. The first-order valence-corrected chi connectivity index (χ1v) is 9.30. The monoisotopic (exact) mass is 335 g/mol. The molecule has 2 rings (SSSR count). The Bertz CT molecular complexity index is 511. The maximum Gasteiger partial charge on any atom is 0.220 e. The van der Waals surface area contributed by atoms with Crippen LogP contribution < -0.4 is 5.32 Å². The van der Waals surface area contributed by atoms with Gasteiger partial charge in [0.1, 0.15) is 12.4 Å². The van der Waals surface area contributed by atoms with Crippen LogP contribution in [0.25, 0.3) is 0 Å². The number of aliphatic hydroxyl groups excluding tert-OH is 1. The highest BCUT2D eigenvalue weighted by atomic mass is 16.3. The maximum atomic E-state index is 12.1. The molecule has 0 bridgehead atoms. The van der Waals surface area contributed by atoms with E-state index in [2.05, 4.69) is 31.1 Å².